The van der Waals surface area contributed by atoms with E-state index in [9.17, 15) is 9.90 Å². The van der Waals surface area contributed by atoms with Crippen molar-refractivity contribution >= 4 is 23.7 Å². The van der Waals surface area contributed by atoms with Gasteiger partial charge in [0.15, 0.2) is 0 Å². The minimum atomic E-state index is -0.678. The summed E-state index contributed by atoms with van der Waals surface area (Å²) in [5.41, 5.74) is 3.27. The first-order valence-electron chi connectivity index (χ1n) is 7.65. The Balaban J connectivity index is 2.05. The van der Waals surface area contributed by atoms with E-state index < -0.39 is 11.7 Å². The summed E-state index contributed by atoms with van der Waals surface area (Å²) < 4.78 is 5.06. The number of hydrogen-bond donors (Lipinski definition) is 2. The Kier molecular flexibility index (Phi) is 5.84. The SMILES string of the molecule is CC(C)(C)OC(=O)N/N=C\c1cc(N=Nc2ccccc2)ccc1O. The molecule has 2 aromatic rings. The zero-order valence-electron chi connectivity index (χ0n) is 14.3. The number of nitrogens with one attached hydrogen (secondary N) is 1. The molecule has 130 valence electrons. The predicted molar refractivity (Wildman–Crippen MR) is 95.7 cm³/mol. The fourth-order valence-electron chi connectivity index (χ4n) is 1.77. The Hall–Kier alpha value is -3.22. The summed E-state index contributed by atoms with van der Waals surface area (Å²) in [7, 11) is 0. The molecule has 0 unspecified atom stereocenters. The highest BCUT2D eigenvalue weighted by Gasteiger charge is 2.15. The quantitative estimate of drug-likeness (QED) is 0.481. The zero-order chi connectivity index (χ0) is 18.3. The highest BCUT2D eigenvalue weighted by molar-refractivity contribution is 5.85. The van der Waals surface area contributed by atoms with Gasteiger partial charge in [0.25, 0.3) is 0 Å². The van der Waals surface area contributed by atoms with Crippen LogP contribution in [0.1, 0.15) is 26.3 Å². The van der Waals surface area contributed by atoms with Crippen molar-refractivity contribution in [2.75, 3.05) is 0 Å². The monoisotopic (exact) mass is 340 g/mol. The van der Waals surface area contributed by atoms with E-state index in [1.54, 1.807) is 32.9 Å². The van der Waals surface area contributed by atoms with Crippen molar-refractivity contribution < 1.29 is 14.6 Å². The number of nitrogens with zero attached hydrogens (tertiary/aromatic N) is 3. The van der Waals surface area contributed by atoms with E-state index in [-0.39, 0.29) is 5.75 Å². The molecule has 0 fully saturated rings. The molecule has 0 radical (unpaired) electrons. The van der Waals surface area contributed by atoms with Gasteiger partial charge in [-0.3, -0.25) is 0 Å². The molecule has 0 aromatic heterocycles. The first-order chi connectivity index (χ1) is 11.8. The van der Waals surface area contributed by atoms with E-state index in [1.807, 2.05) is 30.3 Å². The average Bonchev–Trinajstić information content (AvgIpc) is 2.54. The molecule has 2 aromatic carbocycles. The number of azo groups is 1. The normalized spacial score (nSPS) is 11.8. The van der Waals surface area contributed by atoms with Gasteiger partial charge >= 0.3 is 6.09 Å². The lowest BCUT2D eigenvalue weighted by molar-refractivity contribution is 0.0529. The van der Waals surface area contributed by atoms with Gasteiger partial charge in [-0.2, -0.15) is 15.3 Å². The molecule has 0 saturated heterocycles. The van der Waals surface area contributed by atoms with Gasteiger partial charge in [0.1, 0.15) is 11.4 Å². The van der Waals surface area contributed by atoms with Crippen LogP contribution in [0.15, 0.2) is 63.9 Å². The first-order valence-corrected chi connectivity index (χ1v) is 7.65. The van der Waals surface area contributed by atoms with Crippen LogP contribution in [0.3, 0.4) is 0 Å². The standard InChI is InChI=1S/C18H20N4O3/c1-18(2,3)25-17(24)22-19-12-13-11-15(9-10-16(13)23)21-20-14-7-5-4-6-8-14/h4-12,23H,1-3H3,(H,22,24)/b19-12-,21-20?. The molecule has 0 aliphatic heterocycles. The second-order valence-electron chi connectivity index (χ2n) is 6.15. The molecule has 25 heavy (non-hydrogen) atoms. The molecule has 0 aliphatic carbocycles. The van der Waals surface area contributed by atoms with Crippen LogP contribution in [0, 0.1) is 0 Å². The maximum Gasteiger partial charge on any atom is 0.428 e. The Morgan fingerprint density at radius 2 is 1.76 bits per heavy atom. The van der Waals surface area contributed by atoms with Crippen LogP contribution in [-0.2, 0) is 4.74 Å². The Morgan fingerprint density at radius 1 is 1.08 bits per heavy atom. The molecule has 0 bridgehead atoms. The first kappa shape index (κ1) is 18.1. The highest BCUT2D eigenvalue weighted by atomic mass is 16.6. The number of ether oxygens (including phenoxy) is 1. The molecule has 2 rings (SSSR count). The lowest BCUT2D eigenvalue weighted by Gasteiger charge is -2.18. The fourth-order valence-corrected chi connectivity index (χ4v) is 1.77. The Morgan fingerprint density at radius 3 is 2.44 bits per heavy atom. The topological polar surface area (TPSA) is 95.6 Å². The van der Waals surface area contributed by atoms with Crippen LogP contribution >= 0.6 is 0 Å². The van der Waals surface area contributed by atoms with Gasteiger partial charge in [-0.25, -0.2) is 10.2 Å². The number of phenols is 1. The number of hydrazone groups is 1. The Labute approximate surface area is 146 Å². The molecule has 1 amide bonds. The maximum absolute atomic E-state index is 11.5. The maximum atomic E-state index is 11.5. The number of carbonyl (C=O) groups is 1. The third-order valence-corrected chi connectivity index (χ3v) is 2.81. The summed E-state index contributed by atoms with van der Waals surface area (Å²) >= 11 is 0. The van der Waals surface area contributed by atoms with Crippen molar-refractivity contribution in [3.63, 3.8) is 0 Å². The summed E-state index contributed by atoms with van der Waals surface area (Å²) in [5, 5.41) is 21.8. The van der Waals surface area contributed by atoms with Crippen LogP contribution in [-0.4, -0.2) is 23.0 Å². The largest absolute Gasteiger partial charge is 0.507 e. The van der Waals surface area contributed by atoms with Gasteiger partial charge in [0, 0.05) is 5.56 Å². The summed E-state index contributed by atoms with van der Waals surface area (Å²) in [6.07, 6.45) is 0.629. The number of benzene rings is 2. The summed E-state index contributed by atoms with van der Waals surface area (Å²) in [4.78, 5) is 11.5. The number of amides is 1. The van der Waals surface area contributed by atoms with E-state index in [0.29, 0.717) is 11.3 Å². The Bertz CT molecular complexity index is 781. The van der Waals surface area contributed by atoms with Gasteiger partial charge in [0.05, 0.1) is 17.6 Å². The van der Waals surface area contributed by atoms with E-state index in [2.05, 4.69) is 20.8 Å². The molecule has 7 nitrogen and oxygen atoms in total. The molecule has 0 spiro atoms. The second kappa shape index (κ2) is 8.05. The van der Waals surface area contributed by atoms with E-state index in [4.69, 9.17) is 4.74 Å². The van der Waals surface area contributed by atoms with E-state index in [1.165, 1.54) is 12.3 Å². The molecule has 0 atom stereocenters. The predicted octanol–water partition coefficient (Wildman–Crippen LogP) is 4.67. The number of carbonyl (C=O) groups excluding carboxylic acids is 1. The number of hydrogen-bond acceptors (Lipinski definition) is 6. The van der Waals surface area contributed by atoms with Crippen LogP contribution in [0.2, 0.25) is 0 Å². The minimum absolute atomic E-state index is 0.00778. The van der Waals surface area contributed by atoms with Crippen molar-refractivity contribution in [2.24, 2.45) is 15.3 Å². The lowest BCUT2D eigenvalue weighted by atomic mass is 10.2. The van der Waals surface area contributed by atoms with Gasteiger partial charge in [-0.1, -0.05) is 18.2 Å². The van der Waals surface area contributed by atoms with Crippen molar-refractivity contribution in [3.8, 4) is 5.75 Å². The van der Waals surface area contributed by atoms with Gasteiger partial charge in [-0.15, -0.1) is 0 Å². The fraction of sp³-hybridized carbons (Fsp3) is 0.222. The smallest absolute Gasteiger partial charge is 0.428 e. The average molecular weight is 340 g/mol. The number of rotatable bonds is 4. The minimum Gasteiger partial charge on any atom is -0.507 e. The van der Waals surface area contributed by atoms with Gasteiger partial charge in [0.2, 0.25) is 0 Å². The van der Waals surface area contributed by atoms with Crippen molar-refractivity contribution in [2.45, 2.75) is 26.4 Å². The van der Waals surface area contributed by atoms with Crippen LogP contribution in [0.25, 0.3) is 0 Å². The van der Waals surface area contributed by atoms with Crippen molar-refractivity contribution in [1.82, 2.24) is 5.43 Å². The molecule has 2 N–H and O–H groups in total. The van der Waals surface area contributed by atoms with Crippen LogP contribution in [0.5, 0.6) is 5.75 Å². The van der Waals surface area contributed by atoms with Crippen molar-refractivity contribution in [3.05, 3.63) is 54.1 Å². The molecule has 0 saturated carbocycles. The van der Waals surface area contributed by atoms with E-state index in [0.717, 1.165) is 5.69 Å². The molecule has 0 aliphatic rings. The van der Waals surface area contributed by atoms with Crippen LogP contribution < -0.4 is 5.43 Å². The van der Waals surface area contributed by atoms with Crippen molar-refractivity contribution in [1.29, 1.82) is 0 Å². The number of phenolic OH excluding ortho intramolecular Hbond substituents is 1. The molecular formula is C18H20N4O3. The van der Waals surface area contributed by atoms with Gasteiger partial charge in [-0.05, 0) is 51.1 Å². The second-order valence-corrected chi connectivity index (χ2v) is 6.15. The molecule has 0 heterocycles. The number of aromatic hydroxyl groups is 1. The summed E-state index contributed by atoms with van der Waals surface area (Å²) in [5.74, 6) is 0.00778. The van der Waals surface area contributed by atoms with Crippen LogP contribution in [0.4, 0.5) is 16.2 Å². The highest BCUT2D eigenvalue weighted by Crippen LogP contribution is 2.23. The lowest BCUT2D eigenvalue weighted by Crippen LogP contribution is -2.29. The zero-order valence-corrected chi connectivity index (χ0v) is 14.3. The third-order valence-electron chi connectivity index (χ3n) is 2.81. The summed E-state index contributed by atoms with van der Waals surface area (Å²) in [6.45, 7) is 5.26. The van der Waals surface area contributed by atoms with E-state index >= 15 is 0 Å². The third kappa shape index (κ3) is 6.42. The van der Waals surface area contributed by atoms with Gasteiger partial charge < -0.3 is 9.84 Å². The molecular weight excluding hydrogens is 320 g/mol. The molecule has 7 heteroatoms. The summed E-state index contributed by atoms with van der Waals surface area (Å²) in [6, 6.07) is 14.0.